The molecule has 1 amide bonds. The number of rotatable bonds is 7. The molecular weight excluding hydrogens is 394 g/mol. The van der Waals surface area contributed by atoms with Crippen LogP contribution < -0.4 is 20.9 Å². The van der Waals surface area contributed by atoms with Gasteiger partial charge in [-0.15, -0.1) is 0 Å². The van der Waals surface area contributed by atoms with Gasteiger partial charge in [0.25, 0.3) is 0 Å². The lowest BCUT2D eigenvalue weighted by Gasteiger charge is -2.29. The first kappa shape index (κ1) is 18.6. The largest absolute Gasteiger partial charge is 0.354 e. The highest BCUT2D eigenvalue weighted by molar-refractivity contribution is 5.85. The normalized spacial score (nSPS) is 21.4. The molecule has 0 spiro atoms. The van der Waals surface area contributed by atoms with Gasteiger partial charge in [0.1, 0.15) is 11.7 Å². The summed E-state index contributed by atoms with van der Waals surface area (Å²) < 4.78 is 1.91. The van der Waals surface area contributed by atoms with Crippen LogP contribution in [0.3, 0.4) is 0 Å². The van der Waals surface area contributed by atoms with Gasteiger partial charge < -0.3 is 20.9 Å². The van der Waals surface area contributed by atoms with E-state index in [4.69, 9.17) is 9.97 Å². The van der Waals surface area contributed by atoms with Crippen LogP contribution in [0.4, 0.5) is 17.7 Å². The third-order valence-electron chi connectivity index (χ3n) is 6.47. The Morgan fingerprint density at radius 2 is 2.13 bits per heavy atom. The summed E-state index contributed by atoms with van der Waals surface area (Å²) in [6.45, 7) is 3.46. The van der Waals surface area contributed by atoms with Crippen LogP contribution in [0.2, 0.25) is 0 Å². The minimum absolute atomic E-state index is 0.0686. The molecule has 0 radical (unpaired) electrons. The molecule has 1 saturated carbocycles. The van der Waals surface area contributed by atoms with Crippen molar-refractivity contribution < 1.29 is 4.79 Å². The van der Waals surface area contributed by atoms with E-state index in [1.807, 2.05) is 27.6 Å². The van der Waals surface area contributed by atoms with Crippen LogP contribution in [0.1, 0.15) is 37.3 Å². The molecule has 6 rings (SSSR count). The number of carbonyl (C=O) groups is 1. The van der Waals surface area contributed by atoms with E-state index < -0.39 is 0 Å². The van der Waals surface area contributed by atoms with Gasteiger partial charge >= 0.3 is 0 Å². The second-order valence-electron chi connectivity index (χ2n) is 8.81. The maximum atomic E-state index is 12.9. The maximum Gasteiger partial charge on any atom is 0.242 e. The first-order chi connectivity index (χ1) is 15.2. The number of carbonyl (C=O) groups excluding carboxylic acids is 1. The van der Waals surface area contributed by atoms with Crippen molar-refractivity contribution in [1.29, 1.82) is 0 Å². The fraction of sp³-hybridized carbons (Fsp3) is 0.524. The SMILES string of the molecule is O=C(NCC1CNC1)[C@@H]1CCCN1c1nc(Nc2cc(C3CC3)[nH]n2)n2cccc2n1. The lowest BCUT2D eigenvalue weighted by molar-refractivity contribution is -0.122. The zero-order valence-electron chi connectivity index (χ0n) is 17.3. The lowest BCUT2D eigenvalue weighted by Crippen LogP contribution is -2.51. The zero-order valence-corrected chi connectivity index (χ0v) is 17.3. The molecule has 1 atom stereocenters. The highest BCUT2D eigenvalue weighted by atomic mass is 16.2. The first-order valence-electron chi connectivity index (χ1n) is 11.2. The van der Waals surface area contributed by atoms with E-state index in [2.05, 4.69) is 32.2 Å². The molecule has 162 valence electrons. The number of nitrogens with one attached hydrogen (secondary N) is 4. The summed E-state index contributed by atoms with van der Waals surface area (Å²) in [5, 5.41) is 17.2. The molecule has 10 heteroatoms. The predicted molar refractivity (Wildman–Crippen MR) is 117 cm³/mol. The quantitative estimate of drug-likeness (QED) is 0.456. The summed E-state index contributed by atoms with van der Waals surface area (Å²) in [6.07, 6.45) is 6.13. The van der Waals surface area contributed by atoms with E-state index in [-0.39, 0.29) is 11.9 Å². The second-order valence-corrected chi connectivity index (χ2v) is 8.81. The van der Waals surface area contributed by atoms with Crippen LogP contribution in [0.15, 0.2) is 24.4 Å². The van der Waals surface area contributed by atoms with Gasteiger partial charge in [-0.05, 0) is 37.8 Å². The van der Waals surface area contributed by atoms with Gasteiger partial charge in [-0.2, -0.15) is 15.1 Å². The van der Waals surface area contributed by atoms with E-state index in [0.29, 0.717) is 23.7 Å². The minimum Gasteiger partial charge on any atom is -0.354 e. The Morgan fingerprint density at radius 1 is 1.23 bits per heavy atom. The van der Waals surface area contributed by atoms with Gasteiger partial charge in [0.2, 0.25) is 17.8 Å². The maximum absolute atomic E-state index is 12.9. The fourth-order valence-corrected chi connectivity index (χ4v) is 4.39. The lowest BCUT2D eigenvalue weighted by atomic mass is 10.0. The summed E-state index contributed by atoms with van der Waals surface area (Å²) in [5.41, 5.74) is 1.95. The number of hydrogen-bond acceptors (Lipinski definition) is 7. The van der Waals surface area contributed by atoms with Crippen LogP contribution in [0, 0.1) is 5.92 Å². The highest BCUT2D eigenvalue weighted by Gasteiger charge is 2.33. The van der Waals surface area contributed by atoms with Gasteiger partial charge in [0, 0.05) is 56.0 Å². The van der Waals surface area contributed by atoms with Crippen LogP contribution in [0.25, 0.3) is 5.65 Å². The van der Waals surface area contributed by atoms with E-state index >= 15 is 0 Å². The Balaban J connectivity index is 1.25. The average Bonchev–Trinajstić information content (AvgIpc) is 3.13. The topological polar surface area (TPSA) is 115 Å². The van der Waals surface area contributed by atoms with Crippen molar-refractivity contribution in [3.63, 3.8) is 0 Å². The molecule has 3 fully saturated rings. The van der Waals surface area contributed by atoms with Gasteiger partial charge in [-0.1, -0.05) is 0 Å². The number of amides is 1. The Kier molecular flexibility index (Phi) is 4.52. The van der Waals surface area contributed by atoms with Crippen molar-refractivity contribution in [1.82, 2.24) is 35.2 Å². The highest BCUT2D eigenvalue weighted by Crippen LogP contribution is 2.39. The molecule has 3 aliphatic rings. The number of H-pyrrole nitrogens is 1. The van der Waals surface area contributed by atoms with Crippen molar-refractivity contribution in [3.8, 4) is 0 Å². The Hall–Kier alpha value is -3.14. The van der Waals surface area contributed by atoms with Crippen LogP contribution in [-0.2, 0) is 4.79 Å². The monoisotopic (exact) mass is 421 g/mol. The molecule has 4 N–H and O–H groups in total. The minimum atomic E-state index is -0.231. The van der Waals surface area contributed by atoms with Crippen molar-refractivity contribution >= 4 is 29.3 Å². The standard InChI is InChI=1S/C21H27N9O/c31-19(23-12-13-10-22-11-13)16-3-1-7-29(16)21-25-18-4-2-8-30(18)20(26-21)24-17-9-15(27-28-17)14-5-6-14/h2,4,8-9,13-14,16,22H,1,3,5-7,10-12H2,(H,23,31)(H2,24,25,26,27,28)/t16-/m0/s1. The molecule has 2 saturated heterocycles. The smallest absolute Gasteiger partial charge is 0.242 e. The summed E-state index contributed by atoms with van der Waals surface area (Å²) in [6, 6.07) is 5.71. The third kappa shape index (κ3) is 3.60. The molecule has 10 nitrogen and oxygen atoms in total. The average molecular weight is 422 g/mol. The van der Waals surface area contributed by atoms with E-state index in [1.54, 1.807) is 0 Å². The number of anilines is 3. The van der Waals surface area contributed by atoms with Crippen molar-refractivity contribution in [3.05, 3.63) is 30.1 Å². The first-order valence-corrected chi connectivity index (χ1v) is 11.2. The second kappa shape index (κ2) is 7.52. The molecule has 2 aliphatic heterocycles. The van der Waals surface area contributed by atoms with Crippen molar-refractivity contribution in [2.24, 2.45) is 5.92 Å². The van der Waals surface area contributed by atoms with Crippen LogP contribution in [0.5, 0.6) is 0 Å². The molecule has 0 bridgehead atoms. The van der Waals surface area contributed by atoms with Gasteiger partial charge in [-0.3, -0.25) is 14.3 Å². The van der Waals surface area contributed by atoms with Gasteiger partial charge in [0.15, 0.2) is 5.82 Å². The Morgan fingerprint density at radius 3 is 2.94 bits per heavy atom. The van der Waals surface area contributed by atoms with Crippen molar-refractivity contribution in [2.45, 2.75) is 37.6 Å². The molecular formula is C21H27N9O. The molecule has 3 aromatic rings. The Bertz CT molecular complexity index is 1100. The number of nitrogens with zero attached hydrogens (tertiary/aromatic N) is 5. The molecule has 31 heavy (non-hydrogen) atoms. The number of aromatic amines is 1. The summed E-state index contributed by atoms with van der Waals surface area (Å²) in [7, 11) is 0. The van der Waals surface area contributed by atoms with E-state index in [0.717, 1.165) is 50.5 Å². The summed E-state index contributed by atoms with van der Waals surface area (Å²) >= 11 is 0. The fourth-order valence-electron chi connectivity index (χ4n) is 4.39. The van der Waals surface area contributed by atoms with E-state index in [1.165, 1.54) is 18.5 Å². The van der Waals surface area contributed by atoms with Gasteiger partial charge in [-0.25, -0.2) is 0 Å². The molecule has 0 aromatic carbocycles. The van der Waals surface area contributed by atoms with Gasteiger partial charge in [0.05, 0.1) is 0 Å². The predicted octanol–water partition coefficient (Wildman–Crippen LogP) is 1.38. The number of fused-ring (bicyclic) bond motifs is 1. The van der Waals surface area contributed by atoms with Crippen LogP contribution in [-0.4, -0.2) is 62.7 Å². The number of aromatic nitrogens is 5. The summed E-state index contributed by atoms with van der Waals surface area (Å²) in [5.74, 6) is 3.18. The molecule has 3 aromatic heterocycles. The zero-order chi connectivity index (χ0) is 20.8. The number of hydrogen-bond donors (Lipinski definition) is 4. The molecule has 5 heterocycles. The summed E-state index contributed by atoms with van der Waals surface area (Å²) in [4.78, 5) is 24.4. The van der Waals surface area contributed by atoms with E-state index in [9.17, 15) is 4.79 Å². The molecule has 0 unspecified atom stereocenters. The van der Waals surface area contributed by atoms with Crippen LogP contribution >= 0.6 is 0 Å². The third-order valence-corrected chi connectivity index (χ3v) is 6.47. The Labute approximate surface area is 179 Å². The molecule has 1 aliphatic carbocycles. The van der Waals surface area contributed by atoms with Crippen molar-refractivity contribution in [2.75, 3.05) is 36.4 Å².